The van der Waals surface area contributed by atoms with Gasteiger partial charge < -0.3 is 9.26 Å². The van der Waals surface area contributed by atoms with Gasteiger partial charge >= 0.3 is 13.8 Å². The number of esters is 1. The summed E-state index contributed by atoms with van der Waals surface area (Å²) in [7, 11) is -2.27. The van der Waals surface area contributed by atoms with Gasteiger partial charge in [-0.3, -0.25) is 9.05 Å². The molecule has 21 heavy (non-hydrogen) atoms. The summed E-state index contributed by atoms with van der Waals surface area (Å²) < 4.78 is 32.7. The lowest BCUT2D eigenvalue weighted by molar-refractivity contribution is -0.134. The number of allylic oxidation sites excluding steroid dienone is 3. The number of methoxy groups -OCH3 is 1. The van der Waals surface area contributed by atoms with Gasteiger partial charge in [-0.05, 0) is 44.8 Å². The zero-order chi connectivity index (χ0) is 15.7. The molecule has 0 aromatic carbocycles. The Morgan fingerprint density at radius 3 is 2.38 bits per heavy atom. The lowest BCUT2D eigenvalue weighted by atomic mass is 9.97. The minimum Gasteiger partial charge on any atom is -0.466 e. The van der Waals surface area contributed by atoms with Gasteiger partial charge in [0, 0.05) is 12.5 Å². The third kappa shape index (κ3) is 6.04. The van der Waals surface area contributed by atoms with Crippen molar-refractivity contribution >= 4 is 13.8 Å². The molecule has 7 heteroatoms. The first-order valence-corrected chi connectivity index (χ1v) is 8.57. The molecule has 1 rings (SSSR count). The van der Waals surface area contributed by atoms with Crippen LogP contribution in [0, 0.1) is 0 Å². The summed E-state index contributed by atoms with van der Waals surface area (Å²) in [5.41, 5.74) is 0.825. The summed E-state index contributed by atoms with van der Waals surface area (Å²) in [6.45, 7) is 3.92. The maximum absolute atomic E-state index is 12.4. The summed E-state index contributed by atoms with van der Waals surface area (Å²) in [5.74, 6) is 0.122. The fourth-order valence-corrected chi connectivity index (χ4v) is 3.25. The number of carbonyl (C=O) groups excluding carboxylic acids is 1. The van der Waals surface area contributed by atoms with Crippen molar-refractivity contribution in [3.8, 4) is 0 Å². The summed E-state index contributed by atoms with van der Waals surface area (Å²) in [6.07, 6.45) is 6.29. The van der Waals surface area contributed by atoms with Crippen molar-refractivity contribution in [2.24, 2.45) is 0 Å². The minimum absolute atomic E-state index is 0.234. The normalized spacial score (nSPS) is 16.3. The molecule has 0 bridgehead atoms. The first-order valence-electron chi connectivity index (χ1n) is 7.11. The largest absolute Gasteiger partial charge is 0.529 e. The Hall–Kier alpha value is -1.10. The fourth-order valence-electron chi connectivity index (χ4n) is 1.96. The number of carbonyl (C=O) groups is 1. The van der Waals surface area contributed by atoms with Gasteiger partial charge in [-0.15, -0.1) is 0 Å². The van der Waals surface area contributed by atoms with Crippen LogP contribution >= 0.6 is 7.82 Å². The van der Waals surface area contributed by atoms with E-state index in [1.807, 2.05) is 0 Å². The highest BCUT2D eigenvalue weighted by atomic mass is 31.2. The predicted octanol–water partition coefficient (Wildman–Crippen LogP) is 3.74. The molecule has 0 atom stereocenters. The van der Waals surface area contributed by atoms with Gasteiger partial charge in [-0.2, -0.15) is 0 Å². The standard InChI is InChI=1S/C14H23O6P/c1-4-18-21(16,19-5-2)20-13-9-7-6-8-12(13)10-11-14(15)17-3/h10-11H,4-9H2,1-3H3/b11-10+. The van der Waals surface area contributed by atoms with Gasteiger partial charge in [-0.25, -0.2) is 9.36 Å². The molecule has 0 amide bonds. The van der Waals surface area contributed by atoms with Crippen LogP contribution in [-0.4, -0.2) is 26.3 Å². The fraction of sp³-hybridized carbons (Fsp3) is 0.643. The van der Waals surface area contributed by atoms with Crippen molar-refractivity contribution in [1.29, 1.82) is 0 Å². The van der Waals surface area contributed by atoms with Crippen molar-refractivity contribution in [1.82, 2.24) is 0 Å². The maximum atomic E-state index is 12.4. The molecular formula is C14H23O6P. The molecule has 0 unspecified atom stereocenters. The van der Waals surface area contributed by atoms with Crippen LogP contribution in [0.4, 0.5) is 0 Å². The molecule has 0 saturated carbocycles. The van der Waals surface area contributed by atoms with E-state index >= 15 is 0 Å². The average Bonchev–Trinajstić information content (AvgIpc) is 2.46. The topological polar surface area (TPSA) is 71.1 Å². The Morgan fingerprint density at radius 2 is 1.81 bits per heavy atom. The van der Waals surface area contributed by atoms with Crippen molar-refractivity contribution in [2.75, 3.05) is 20.3 Å². The number of ether oxygens (including phenoxy) is 1. The molecule has 0 N–H and O–H groups in total. The molecule has 0 radical (unpaired) electrons. The summed E-state index contributed by atoms with van der Waals surface area (Å²) >= 11 is 0. The molecule has 0 aromatic rings. The predicted molar refractivity (Wildman–Crippen MR) is 78.6 cm³/mol. The lowest BCUT2D eigenvalue weighted by Gasteiger charge is -2.23. The van der Waals surface area contributed by atoms with Crippen LogP contribution < -0.4 is 0 Å². The van der Waals surface area contributed by atoms with E-state index in [0.717, 1.165) is 24.8 Å². The Morgan fingerprint density at radius 1 is 1.19 bits per heavy atom. The van der Waals surface area contributed by atoms with Gasteiger partial charge in [0.15, 0.2) is 0 Å². The molecule has 0 aliphatic heterocycles. The molecule has 1 aliphatic rings. The van der Waals surface area contributed by atoms with Crippen LogP contribution in [0.3, 0.4) is 0 Å². The highest BCUT2D eigenvalue weighted by molar-refractivity contribution is 7.48. The van der Waals surface area contributed by atoms with Crippen LogP contribution in [0.2, 0.25) is 0 Å². The Kier molecular flexibility index (Phi) is 7.72. The maximum Gasteiger partial charge on any atom is 0.529 e. The number of hydrogen-bond acceptors (Lipinski definition) is 6. The van der Waals surface area contributed by atoms with E-state index in [2.05, 4.69) is 4.74 Å². The molecule has 0 aromatic heterocycles. The average molecular weight is 318 g/mol. The van der Waals surface area contributed by atoms with Gasteiger partial charge in [0.2, 0.25) is 0 Å². The van der Waals surface area contributed by atoms with E-state index in [0.29, 0.717) is 12.2 Å². The van der Waals surface area contributed by atoms with E-state index in [9.17, 15) is 9.36 Å². The van der Waals surface area contributed by atoms with Crippen LogP contribution in [0.25, 0.3) is 0 Å². The van der Waals surface area contributed by atoms with Gasteiger partial charge in [0.25, 0.3) is 0 Å². The molecule has 120 valence electrons. The smallest absolute Gasteiger partial charge is 0.466 e. The molecule has 1 aliphatic carbocycles. The summed E-state index contributed by atoms with van der Waals surface area (Å²) in [4.78, 5) is 11.2. The zero-order valence-electron chi connectivity index (χ0n) is 12.8. The molecule has 0 saturated heterocycles. The second-order valence-corrected chi connectivity index (χ2v) is 5.98. The molecule has 0 fully saturated rings. The molecular weight excluding hydrogens is 295 g/mol. The third-order valence-corrected chi connectivity index (χ3v) is 4.47. The van der Waals surface area contributed by atoms with Gasteiger partial charge in [0.05, 0.1) is 20.3 Å². The molecule has 6 nitrogen and oxygen atoms in total. The molecule has 0 spiro atoms. The van der Waals surface area contributed by atoms with E-state index in [-0.39, 0.29) is 13.2 Å². The van der Waals surface area contributed by atoms with E-state index in [4.69, 9.17) is 13.6 Å². The molecule has 0 heterocycles. The van der Waals surface area contributed by atoms with Crippen LogP contribution in [-0.2, 0) is 27.7 Å². The second-order valence-electron chi connectivity index (χ2n) is 4.39. The van der Waals surface area contributed by atoms with Crippen molar-refractivity contribution in [3.63, 3.8) is 0 Å². The Balaban J connectivity index is 2.92. The van der Waals surface area contributed by atoms with Crippen molar-refractivity contribution in [3.05, 3.63) is 23.5 Å². The number of phosphoric acid groups is 1. The van der Waals surface area contributed by atoms with Crippen LogP contribution in [0.1, 0.15) is 39.5 Å². The van der Waals surface area contributed by atoms with Crippen LogP contribution in [0.15, 0.2) is 23.5 Å². The minimum atomic E-state index is -3.59. The van der Waals surface area contributed by atoms with Crippen molar-refractivity contribution in [2.45, 2.75) is 39.5 Å². The van der Waals surface area contributed by atoms with E-state index in [1.165, 1.54) is 13.2 Å². The quantitative estimate of drug-likeness (QED) is 0.386. The van der Waals surface area contributed by atoms with Crippen molar-refractivity contribution < 1.29 is 27.7 Å². The first-order chi connectivity index (χ1) is 10.0. The number of hydrogen-bond donors (Lipinski definition) is 0. The highest BCUT2D eigenvalue weighted by Crippen LogP contribution is 2.53. The Labute approximate surface area is 125 Å². The van der Waals surface area contributed by atoms with E-state index in [1.54, 1.807) is 19.9 Å². The highest BCUT2D eigenvalue weighted by Gasteiger charge is 2.29. The third-order valence-electron chi connectivity index (χ3n) is 2.88. The SMILES string of the molecule is CCOP(=O)(OCC)OC1=C(/C=C/C(=O)OC)CCCC1. The lowest BCUT2D eigenvalue weighted by Crippen LogP contribution is -2.06. The van der Waals surface area contributed by atoms with Gasteiger partial charge in [0.1, 0.15) is 5.76 Å². The summed E-state index contributed by atoms with van der Waals surface area (Å²) in [5, 5.41) is 0. The number of rotatable bonds is 8. The Bertz CT molecular complexity index is 444. The van der Waals surface area contributed by atoms with Gasteiger partial charge in [-0.1, -0.05) is 0 Å². The monoisotopic (exact) mass is 318 g/mol. The first kappa shape index (κ1) is 18.0. The zero-order valence-corrected chi connectivity index (χ0v) is 13.7. The summed E-state index contributed by atoms with van der Waals surface area (Å²) in [6, 6.07) is 0. The second kappa shape index (κ2) is 9.03. The van der Waals surface area contributed by atoms with Crippen LogP contribution in [0.5, 0.6) is 0 Å². The number of phosphoric ester groups is 1. The van der Waals surface area contributed by atoms with E-state index < -0.39 is 13.8 Å².